The van der Waals surface area contributed by atoms with Crippen LogP contribution in [0.5, 0.6) is 0 Å². The van der Waals surface area contributed by atoms with E-state index >= 15 is 0 Å². The predicted octanol–water partition coefficient (Wildman–Crippen LogP) is 1.93. The predicted molar refractivity (Wildman–Crippen MR) is 64.0 cm³/mol. The zero-order chi connectivity index (χ0) is 10.2. The van der Waals surface area contributed by atoms with E-state index in [1.165, 1.54) is 32.2 Å². The van der Waals surface area contributed by atoms with Crippen molar-refractivity contribution in [3.63, 3.8) is 0 Å². The molecule has 0 amide bonds. The van der Waals surface area contributed by atoms with Gasteiger partial charge in [0.15, 0.2) is 0 Å². The van der Waals surface area contributed by atoms with E-state index in [9.17, 15) is 5.11 Å². The van der Waals surface area contributed by atoms with Crippen molar-refractivity contribution in [2.45, 2.75) is 44.6 Å². The molecule has 14 heavy (non-hydrogen) atoms. The summed E-state index contributed by atoms with van der Waals surface area (Å²) in [5.74, 6) is 1.02. The summed E-state index contributed by atoms with van der Waals surface area (Å²) in [7, 11) is 0. The summed E-state index contributed by atoms with van der Waals surface area (Å²) in [6.07, 6.45) is 7.12. The number of thiol groups is 1. The van der Waals surface area contributed by atoms with Crippen LogP contribution in [0.15, 0.2) is 0 Å². The second-order valence-electron chi connectivity index (χ2n) is 4.21. The molecule has 0 aromatic heterocycles. The van der Waals surface area contributed by atoms with E-state index in [4.69, 9.17) is 0 Å². The number of unbranched alkanes of at least 4 members (excludes halogenated alkanes) is 3. The maximum Gasteiger partial charge on any atom is 0.0564 e. The first-order valence-corrected chi connectivity index (χ1v) is 6.47. The third kappa shape index (κ3) is 5.23. The molecule has 1 N–H and O–H groups in total. The molecule has 0 atom stereocenters. The number of piperidine rings is 1. The fraction of sp³-hybridized carbons (Fsp3) is 1.00. The van der Waals surface area contributed by atoms with Crippen LogP contribution in [0.1, 0.15) is 38.5 Å². The SMILES string of the molecule is OC1CCN(CCCCCCS)CC1. The van der Waals surface area contributed by atoms with Gasteiger partial charge in [0.05, 0.1) is 6.10 Å². The van der Waals surface area contributed by atoms with Crippen molar-refractivity contribution in [2.75, 3.05) is 25.4 Å². The van der Waals surface area contributed by atoms with Gasteiger partial charge < -0.3 is 10.0 Å². The van der Waals surface area contributed by atoms with E-state index < -0.39 is 0 Å². The van der Waals surface area contributed by atoms with Crippen LogP contribution in [-0.4, -0.2) is 41.5 Å². The molecule has 1 saturated heterocycles. The minimum Gasteiger partial charge on any atom is -0.393 e. The molecule has 1 heterocycles. The Morgan fingerprint density at radius 2 is 1.71 bits per heavy atom. The second kappa shape index (κ2) is 7.55. The lowest BCUT2D eigenvalue weighted by Gasteiger charge is -2.29. The Bertz CT molecular complexity index is 135. The Balaban J connectivity index is 1.91. The molecule has 1 aliphatic heterocycles. The Morgan fingerprint density at radius 3 is 2.36 bits per heavy atom. The maximum atomic E-state index is 9.33. The molecule has 0 radical (unpaired) electrons. The van der Waals surface area contributed by atoms with E-state index in [0.29, 0.717) is 0 Å². The van der Waals surface area contributed by atoms with Crippen LogP contribution in [0.3, 0.4) is 0 Å². The van der Waals surface area contributed by atoms with Crippen LogP contribution in [0.4, 0.5) is 0 Å². The average Bonchev–Trinajstić information content (AvgIpc) is 2.21. The van der Waals surface area contributed by atoms with Gasteiger partial charge in [-0.05, 0) is 38.0 Å². The van der Waals surface area contributed by atoms with Crippen molar-refractivity contribution >= 4 is 12.6 Å². The largest absolute Gasteiger partial charge is 0.393 e. The van der Waals surface area contributed by atoms with Gasteiger partial charge in [0.1, 0.15) is 0 Å². The number of aliphatic hydroxyl groups excluding tert-OH is 1. The molecule has 1 fully saturated rings. The van der Waals surface area contributed by atoms with Crippen molar-refractivity contribution in [3.05, 3.63) is 0 Å². The highest BCUT2D eigenvalue weighted by atomic mass is 32.1. The van der Waals surface area contributed by atoms with Crippen molar-refractivity contribution in [2.24, 2.45) is 0 Å². The van der Waals surface area contributed by atoms with Gasteiger partial charge in [-0.1, -0.05) is 12.8 Å². The molecule has 0 aliphatic carbocycles. The van der Waals surface area contributed by atoms with Crippen LogP contribution < -0.4 is 0 Å². The zero-order valence-corrected chi connectivity index (χ0v) is 9.88. The summed E-state index contributed by atoms with van der Waals surface area (Å²) in [4.78, 5) is 2.48. The van der Waals surface area contributed by atoms with Crippen LogP contribution >= 0.6 is 12.6 Å². The molecular weight excluding hydrogens is 194 g/mol. The number of aliphatic hydroxyl groups is 1. The lowest BCUT2D eigenvalue weighted by molar-refractivity contribution is 0.0818. The third-order valence-electron chi connectivity index (χ3n) is 2.94. The van der Waals surface area contributed by atoms with E-state index in [0.717, 1.165) is 31.7 Å². The van der Waals surface area contributed by atoms with Crippen LogP contribution in [-0.2, 0) is 0 Å². The molecule has 0 saturated carbocycles. The van der Waals surface area contributed by atoms with Gasteiger partial charge in [-0.15, -0.1) is 0 Å². The first kappa shape index (κ1) is 12.3. The lowest BCUT2D eigenvalue weighted by Crippen LogP contribution is -2.36. The first-order valence-electron chi connectivity index (χ1n) is 5.84. The van der Waals surface area contributed by atoms with Gasteiger partial charge in [-0.25, -0.2) is 0 Å². The monoisotopic (exact) mass is 217 g/mol. The number of rotatable bonds is 6. The summed E-state index contributed by atoms with van der Waals surface area (Å²) >= 11 is 4.20. The summed E-state index contributed by atoms with van der Waals surface area (Å²) < 4.78 is 0. The fourth-order valence-corrected chi connectivity index (χ4v) is 2.17. The van der Waals surface area contributed by atoms with Crippen molar-refractivity contribution in [3.8, 4) is 0 Å². The zero-order valence-electron chi connectivity index (χ0n) is 8.99. The molecule has 1 aliphatic rings. The van der Waals surface area contributed by atoms with Crippen molar-refractivity contribution in [1.29, 1.82) is 0 Å². The summed E-state index contributed by atoms with van der Waals surface area (Å²) in [6, 6.07) is 0. The van der Waals surface area contributed by atoms with Gasteiger partial charge in [0.2, 0.25) is 0 Å². The summed E-state index contributed by atoms with van der Waals surface area (Å²) in [5.41, 5.74) is 0. The maximum absolute atomic E-state index is 9.33. The molecule has 2 nitrogen and oxygen atoms in total. The Morgan fingerprint density at radius 1 is 1.07 bits per heavy atom. The van der Waals surface area contributed by atoms with E-state index in [1.54, 1.807) is 0 Å². The molecule has 84 valence electrons. The third-order valence-corrected chi connectivity index (χ3v) is 3.26. The van der Waals surface area contributed by atoms with Crippen LogP contribution in [0, 0.1) is 0 Å². The quantitative estimate of drug-likeness (QED) is 0.525. The lowest BCUT2D eigenvalue weighted by atomic mass is 10.1. The molecule has 0 aromatic rings. The second-order valence-corrected chi connectivity index (χ2v) is 4.66. The van der Waals surface area contributed by atoms with Crippen LogP contribution in [0.2, 0.25) is 0 Å². The number of hydrogen-bond donors (Lipinski definition) is 2. The average molecular weight is 217 g/mol. The normalized spacial score (nSPS) is 20.1. The molecular formula is C11H23NOS. The molecule has 1 rings (SSSR count). The van der Waals surface area contributed by atoms with Gasteiger partial charge in [0.25, 0.3) is 0 Å². The topological polar surface area (TPSA) is 23.5 Å². The molecule has 0 aromatic carbocycles. The summed E-state index contributed by atoms with van der Waals surface area (Å²) in [5, 5.41) is 9.33. The standard InChI is InChI=1S/C11H23NOS/c13-11-5-8-12(9-6-11)7-3-1-2-4-10-14/h11,13-14H,1-10H2. The smallest absolute Gasteiger partial charge is 0.0564 e. The fourth-order valence-electron chi connectivity index (χ4n) is 1.94. The molecule has 0 bridgehead atoms. The van der Waals surface area contributed by atoms with E-state index in [2.05, 4.69) is 17.5 Å². The Kier molecular flexibility index (Phi) is 6.65. The minimum absolute atomic E-state index is 0.0320. The highest BCUT2D eigenvalue weighted by molar-refractivity contribution is 7.80. The Hall–Kier alpha value is 0.270. The van der Waals surface area contributed by atoms with E-state index in [1.807, 2.05) is 0 Å². The molecule has 0 spiro atoms. The highest BCUT2D eigenvalue weighted by Crippen LogP contribution is 2.11. The van der Waals surface area contributed by atoms with Gasteiger partial charge in [0, 0.05) is 13.1 Å². The molecule has 3 heteroatoms. The van der Waals surface area contributed by atoms with Crippen molar-refractivity contribution in [1.82, 2.24) is 4.90 Å². The van der Waals surface area contributed by atoms with Crippen molar-refractivity contribution < 1.29 is 5.11 Å². The molecule has 0 unspecified atom stereocenters. The van der Waals surface area contributed by atoms with Gasteiger partial charge in [-0.3, -0.25) is 0 Å². The summed E-state index contributed by atoms with van der Waals surface area (Å²) in [6.45, 7) is 3.40. The Labute approximate surface area is 93.1 Å². The first-order chi connectivity index (χ1) is 6.83. The number of hydrogen-bond acceptors (Lipinski definition) is 3. The van der Waals surface area contributed by atoms with E-state index in [-0.39, 0.29) is 6.10 Å². The number of likely N-dealkylation sites (tertiary alicyclic amines) is 1. The van der Waals surface area contributed by atoms with Crippen LogP contribution in [0.25, 0.3) is 0 Å². The number of nitrogens with zero attached hydrogens (tertiary/aromatic N) is 1. The van der Waals surface area contributed by atoms with Gasteiger partial charge >= 0.3 is 0 Å². The minimum atomic E-state index is -0.0320. The highest BCUT2D eigenvalue weighted by Gasteiger charge is 2.15. The van der Waals surface area contributed by atoms with Gasteiger partial charge in [-0.2, -0.15) is 12.6 Å².